The van der Waals surface area contributed by atoms with Gasteiger partial charge in [0, 0.05) is 16.5 Å². The Hall–Kier alpha value is -3.33. The lowest BCUT2D eigenvalue weighted by Gasteiger charge is -2.13. The van der Waals surface area contributed by atoms with Crippen molar-refractivity contribution in [1.29, 1.82) is 5.26 Å². The molecule has 0 heterocycles. The molecule has 0 radical (unpaired) electrons. The van der Waals surface area contributed by atoms with E-state index in [2.05, 4.69) is 0 Å². The first-order valence-electron chi connectivity index (χ1n) is 9.23. The van der Waals surface area contributed by atoms with E-state index < -0.39 is 11.9 Å². The van der Waals surface area contributed by atoms with Gasteiger partial charge in [-0.15, -0.1) is 0 Å². The van der Waals surface area contributed by atoms with Crippen LogP contribution < -0.4 is 9.47 Å². The lowest BCUT2D eigenvalue weighted by Crippen LogP contribution is -2.15. The zero-order valence-electron chi connectivity index (χ0n) is 16.5. The Morgan fingerprint density at radius 3 is 2.26 bits per heavy atom. The molecule has 3 aromatic rings. The maximum atomic E-state index is 12.8. The van der Waals surface area contributed by atoms with E-state index in [0.29, 0.717) is 21.4 Å². The predicted molar refractivity (Wildman–Crippen MR) is 118 cm³/mol. The number of nitrogens with zero attached hydrogens (tertiary/aromatic N) is 1. The van der Waals surface area contributed by atoms with Gasteiger partial charge in [0.15, 0.2) is 5.78 Å². The van der Waals surface area contributed by atoms with Gasteiger partial charge in [0.1, 0.15) is 17.4 Å². The Balaban J connectivity index is 1.88. The van der Waals surface area contributed by atoms with Crippen LogP contribution in [0.5, 0.6) is 11.5 Å². The van der Waals surface area contributed by atoms with Crippen molar-refractivity contribution in [3.05, 3.63) is 93.5 Å². The zero-order valence-corrected chi connectivity index (χ0v) is 18.0. The molecule has 5 nitrogen and oxygen atoms in total. The lowest BCUT2D eigenvalue weighted by molar-refractivity contribution is -0.118. The largest absolute Gasteiger partial charge is 0.497 e. The van der Waals surface area contributed by atoms with E-state index in [4.69, 9.17) is 32.7 Å². The van der Waals surface area contributed by atoms with Crippen LogP contribution in [0.4, 0.5) is 0 Å². The number of Topliss-reactive ketones (excluding diaryl/α,β-unsaturated/α-hetero) is 1. The number of hydrogen-bond acceptors (Lipinski definition) is 5. The molecule has 0 bridgehead atoms. The van der Waals surface area contributed by atoms with Gasteiger partial charge in [-0.3, -0.25) is 4.79 Å². The molecule has 1 atom stereocenters. The number of methoxy groups -OCH3 is 1. The predicted octanol–water partition coefficient (Wildman–Crippen LogP) is 5.64. The summed E-state index contributed by atoms with van der Waals surface area (Å²) in [6.45, 7) is 0. The fourth-order valence-corrected chi connectivity index (χ4v) is 3.52. The molecule has 0 aliphatic carbocycles. The molecule has 0 fully saturated rings. The number of carbonyl (C=O) groups excluding carboxylic acids is 2. The van der Waals surface area contributed by atoms with E-state index >= 15 is 0 Å². The number of benzene rings is 3. The number of rotatable bonds is 7. The summed E-state index contributed by atoms with van der Waals surface area (Å²) in [4.78, 5) is 25.5. The van der Waals surface area contributed by atoms with Crippen molar-refractivity contribution in [2.75, 3.05) is 7.11 Å². The van der Waals surface area contributed by atoms with E-state index in [1.54, 1.807) is 6.07 Å². The third-order valence-electron chi connectivity index (χ3n) is 4.45. The molecule has 31 heavy (non-hydrogen) atoms. The summed E-state index contributed by atoms with van der Waals surface area (Å²) in [5.41, 5.74) is 1.27. The second-order valence-electron chi connectivity index (χ2n) is 6.68. The molecule has 3 rings (SSSR count). The van der Waals surface area contributed by atoms with E-state index in [1.165, 1.54) is 37.4 Å². The summed E-state index contributed by atoms with van der Waals surface area (Å²) in [6.07, 6.45) is 0.0943. The van der Waals surface area contributed by atoms with E-state index in [9.17, 15) is 14.9 Å². The summed E-state index contributed by atoms with van der Waals surface area (Å²) >= 11 is 11.9. The summed E-state index contributed by atoms with van der Waals surface area (Å²) in [5.74, 6) is -1.57. The van der Waals surface area contributed by atoms with Crippen LogP contribution in [0.2, 0.25) is 10.0 Å². The Kier molecular flexibility index (Phi) is 7.30. The van der Waals surface area contributed by atoms with Gasteiger partial charge in [-0.2, -0.15) is 5.26 Å². The van der Waals surface area contributed by atoms with Gasteiger partial charge >= 0.3 is 5.97 Å². The van der Waals surface area contributed by atoms with Crippen LogP contribution in [0.3, 0.4) is 0 Å². The van der Waals surface area contributed by atoms with E-state index in [-0.39, 0.29) is 23.5 Å². The van der Waals surface area contributed by atoms with Crippen molar-refractivity contribution >= 4 is 35.0 Å². The number of nitriles is 1. The maximum absolute atomic E-state index is 12.8. The molecule has 0 aliphatic rings. The van der Waals surface area contributed by atoms with Gasteiger partial charge in [-0.1, -0.05) is 53.5 Å². The van der Waals surface area contributed by atoms with Gasteiger partial charge in [0.25, 0.3) is 0 Å². The molecule has 7 heteroatoms. The summed E-state index contributed by atoms with van der Waals surface area (Å²) < 4.78 is 10.6. The van der Waals surface area contributed by atoms with Crippen molar-refractivity contribution in [2.24, 2.45) is 0 Å². The Labute approximate surface area is 189 Å². The quantitative estimate of drug-likeness (QED) is 0.341. The van der Waals surface area contributed by atoms with Gasteiger partial charge in [0.05, 0.1) is 18.7 Å². The molecule has 0 aliphatic heterocycles. The van der Waals surface area contributed by atoms with Crippen molar-refractivity contribution in [1.82, 2.24) is 0 Å². The zero-order chi connectivity index (χ0) is 22.4. The minimum absolute atomic E-state index is 0.0943. The molecule has 0 saturated heterocycles. The molecule has 0 aromatic heterocycles. The Morgan fingerprint density at radius 2 is 1.65 bits per heavy atom. The average Bonchev–Trinajstić information content (AvgIpc) is 2.74. The van der Waals surface area contributed by atoms with Gasteiger partial charge < -0.3 is 9.47 Å². The van der Waals surface area contributed by atoms with Crippen molar-refractivity contribution < 1.29 is 19.1 Å². The topological polar surface area (TPSA) is 76.4 Å². The van der Waals surface area contributed by atoms with Crippen molar-refractivity contribution in [3.8, 4) is 17.6 Å². The van der Waals surface area contributed by atoms with Crippen LogP contribution in [0, 0.1) is 11.3 Å². The highest BCUT2D eigenvalue weighted by atomic mass is 35.5. The van der Waals surface area contributed by atoms with Gasteiger partial charge in [0.2, 0.25) is 0 Å². The highest BCUT2D eigenvalue weighted by molar-refractivity contribution is 6.34. The summed E-state index contributed by atoms with van der Waals surface area (Å²) in [6, 6.07) is 20.1. The SMILES string of the molecule is COc1cc(C(=O)Oc2cc(Cl)cc(Cl)c2)cc(C(C#N)C(=O)Cc2ccccc2)c1. The van der Waals surface area contributed by atoms with Crippen LogP contribution in [0.25, 0.3) is 0 Å². The highest BCUT2D eigenvalue weighted by Crippen LogP contribution is 2.28. The van der Waals surface area contributed by atoms with Crippen LogP contribution in [0.15, 0.2) is 66.7 Å². The minimum Gasteiger partial charge on any atom is -0.497 e. The van der Waals surface area contributed by atoms with Crippen molar-refractivity contribution in [3.63, 3.8) is 0 Å². The smallest absolute Gasteiger partial charge is 0.343 e. The van der Waals surface area contributed by atoms with E-state index in [0.717, 1.165) is 5.56 Å². The molecule has 156 valence electrons. The van der Waals surface area contributed by atoms with Crippen LogP contribution >= 0.6 is 23.2 Å². The molecule has 0 saturated carbocycles. The average molecular weight is 454 g/mol. The van der Waals surface area contributed by atoms with Gasteiger partial charge in [-0.05, 0) is 47.5 Å². The second kappa shape index (κ2) is 10.1. The fraction of sp³-hybridized carbons (Fsp3) is 0.125. The first kappa shape index (κ1) is 22.4. The second-order valence-corrected chi connectivity index (χ2v) is 7.55. The minimum atomic E-state index is -1.07. The Morgan fingerprint density at radius 1 is 0.968 bits per heavy atom. The van der Waals surface area contributed by atoms with Gasteiger partial charge in [-0.25, -0.2) is 4.79 Å². The highest BCUT2D eigenvalue weighted by Gasteiger charge is 2.23. The van der Waals surface area contributed by atoms with Crippen LogP contribution in [0.1, 0.15) is 27.4 Å². The number of hydrogen-bond donors (Lipinski definition) is 0. The third kappa shape index (κ3) is 5.85. The molecular formula is C24H17Cl2NO4. The lowest BCUT2D eigenvalue weighted by atomic mass is 9.91. The molecular weight excluding hydrogens is 437 g/mol. The van der Waals surface area contributed by atoms with Crippen LogP contribution in [-0.2, 0) is 11.2 Å². The monoisotopic (exact) mass is 453 g/mol. The maximum Gasteiger partial charge on any atom is 0.343 e. The number of ketones is 1. The first-order chi connectivity index (χ1) is 14.9. The van der Waals surface area contributed by atoms with Crippen LogP contribution in [-0.4, -0.2) is 18.9 Å². The molecule has 0 N–H and O–H groups in total. The summed E-state index contributed by atoms with van der Waals surface area (Å²) in [5, 5.41) is 10.3. The molecule has 0 spiro atoms. The third-order valence-corrected chi connectivity index (χ3v) is 4.89. The normalized spacial score (nSPS) is 11.3. The molecule has 0 amide bonds. The number of esters is 1. The fourth-order valence-electron chi connectivity index (χ4n) is 3.01. The van der Waals surface area contributed by atoms with Crippen molar-refractivity contribution in [2.45, 2.75) is 12.3 Å². The number of halogens is 2. The Bertz CT molecular complexity index is 1140. The molecule has 3 aromatic carbocycles. The molecule has 1 unspecified atom stereocenters. The van der Waals surface area contributed by atoms with E-state index in [1.807, 2.05) is 36.4 Å². The summed E-state index contributed by atoms with van der Waals surface area (Å²) in [7, 11) is 1.43. The number of carbonyl (C=O) groups is 2. The number of ether oxygens (including phenoxy) is 2. The first-order valence-corrected chi connectivity index (χ1v) is 9.98. The standard InChI is InChI=1S/C24H17Cl2NO4/c1-30-20-9-16(22(14-27)23(28)7-15-5-3-2-4-6-15)8-17(10-20)24(29)31-21-12-18(25)11-19(26)13-21/h2-6,8-13,22H,7H2,1H3.